The van der Waals surface area contributed by atoms with E-state index in [0.717, 1.165) is 55.1 Å². The van der Waals surface area contributed by atoms with Crippen LogP contribution in [0.1, 0.15) is 50.0 Å². The van der Waals surface area contributed by atoms with Crippen molar-refractivity contribution in [1.82, 2.24) is 4.98 Å². The molecule has 3 aromatic rings. The van der Waals surface area contributed by atoms with Gasteiger partial charge in [-0.1, -0.05) is 11.6 Å². The second-order valence-electron chi connectivity index (χ2n) is 8.73. The Hall–Kier alpha value is -2.46. The number of carbonyl (C=O) groups excluding carboxylic acids is 1. The van der Waals surface area contributed by atoms with Gasteiger partial charge in [-0.15, -0.1) is 0 Å². The molecule has 0 aliphatic heterocycles. The number of rotatable bonds is 4. The molecule has 0 saturated heterocycles. The maximum absolute atomic E-state index is 13.8. The highest BCUT2D eigenvalue weighted by molar-refractivity contribution is 6.30. The van der Waals surface area contributed by atoms with Gasteiger partial charge in [-0.2, -0.15) is 0 Å². The number of halogens is 2. The summed E-state index contributed by atoms with van der Waals surface area (Å²) >= 11 is 5.94. The largest absolute Gasteiger partial charge is 0.326 e. The first-order valence-corrected chi connectivity index (χ1v) is 11.0. The van der Waals surface area contributed by atoms with Crippen molar-refractivity contribution in [3.63, 3.8) is 0 Å². The van der Waals surface area contributed by atoms with Crippen LogP contribution < -0.4 is 5.32 Å². The second kappa shape index (κ2) is 7.66. The number of aromatic nitrogens is 1. The lowest BCUT2D eigenvalue weighted by molar-refractivity contribution is -0.123. The normalized spacial score (nSPS) is 22.6. The summed E-state index contributed by atoms with van der Waals surface area (Å²) in [4.78, 5) is 17.4. The van der Waals surface area contributed by atoms with E-state index < -0.39 is 0 Å². The zero-order chi connectivity index (χ0) is 20.7. The zero-order valence-corrected chi connectivity index (χ0v) is 17.5. The van der Waals surface area contributed by atoms with Crippen molar-refractivity contribution < 1.29 is 9.18 Å². The topological polar surface area (TPSA) is 42.0 Å². The third-order valence-electron chi connectivity index (χ3n) is 7.03. The number of nitrogens with zero attached hydrogens (tertiary/aromatic N) is 1. The van der Waals surface area contributed by atoms with Gasteiger partial charge in [0, 0.05) is 22.3 Å². The SMILES string of the molecule is O=C(Nc1ccc(Cl)cc1)C1([C@H]2CC[C@H](c3ccnc4ccc(F)cc43)CC2)CC1. The maximum atomic E-state index is 13.8. The van der Waals surface area contributed by atoms with Crippen LogP contribution in [0.2, 0.25) is 5.02 Å². The lowest BCUT2D eigenvalue weighted by atomic mass is 9.71. The minimum atomic E-state index is -0.225. The molecule has 3 nitrogen and oxygen atoms in total. The van der Waals surface area contributed by atoms with Gasteiger partial charge in [0.1, 0.15) is 5.82 Å². The van der Waals surface area contributed by atoms with Crippen LogP contribution in [0.15, 0.2) is 54.7 Å². The van der Waals surface area contributed by atoms with E-state index in [1.807, 2.05) is 24.4 Å². The van der Waals surface area contributed by atoms with Gasteiger partial charge in [0.15, 0.2) is 0 Å². The Morgan fingerprint density at radius 2 is 1.77 bits per heavy atom. The highest BCUT2D eigenvalue weighted by Gasteiger charge is 2.55. The molecule has 2 aliphatic rings. The van der Waals surface area contributed by atoms with Crippen LogP contribution >= 0.6 is 11.6 Å². The van der Waals surface area contributed by atoms with Crippen LogP contribution in [0.4, 0.5) is 10.1 Å². The first-order chi connectivity index (χ1) is 14.5. The molecule has 0 atom stereocenters. The van der Waals surface area contributed by atoms with E-state index >= 15 is 0 Å². The summed E-state index contributed by atoms with van der Waals surface area (Å²) in [6.07, 6.45) is 7.85. The fourth-order valence-electron chi connectivity index (χ4n) is 5.20. The van der Waals surface area contributed by atoms with Crippen molar-refractivity contribution >= 4 is 34.1 Å². The molecule has 1 amide bonds. The maximum Gasteiger partial charge on any atom is 0.230 e. The summed E-state index contributed by atoms with van der Waals surface area (Å²) in [5.74, 6) is 0.723. The molecular weight excluding hydrogens is 399 g/mol. The van der Waals surface area contributed by atoms with E-state index in [9.17, 15) is 9.18 Å². The van der Waals surface area contributed by atoms with Gasteiger partial charge in [0.25, 0.3) is 0 Å². The molecule has 1 heterocycles. The van der Waals surface area contributed by atoms with E-state index in [0.29, 0.717) is 16.9 Å². The van der Waals surface area contributed by atoms with E-state index in [1.165, 1.54) is 11.6 Å². The third-order valence-corrected chi connectivity index (χ3v) is 7.28. The summed E-state index contributed by atoms with van der Waals surface area (Å²) < 4.78 is 13.8. The number of benzene rings is 2. The number of nitrogens with one attached hydrogen (secondary N) is 1. The first kappa shape index (κ1) is 19.5. The molecule has 0 unspecified atom stereocenters. The van der Waals surface area contributed by atoms with Crippen LogP contribution in [0.3, 0.4) is 0 Å². The molecule has 0 radical (unpaired) electrons. The van der Waals surface area contributed by atoms with Crippen LogP contribution in [0.25, 0.3) is 10.9 Å². The van der Waals surface area contributed by atoms with Crippen molar-refractivity contribution in [1.29, 1.82) is 0 Å². The molecule has 1 N–H and O–H groups in total. The fraction of sp³-hybridized carbons (Fsp3) is 0.360. The van der Waals surface area contributed by atoms with Gasteiger partial charge in [-0.05, 0) is 104 Å². The Morgan fingerprint density at radius 3 is 2.47 bits per heavy atom. The first-order valence-electron chi connectivity index (χ1n) is 10.7. The monoisotopic (exact) mass is 422 g/mol. The number of amides is 1. The van der Waals surface area contributed by atoms with Crippen molar-refractivity contribution in [2.45, 2.75) is 44.4 Å². The molecule has 154 valence electrons. The number of hydrogen-bond donors (Lipinski definition) is 1. The lowest BCUT2D eigenvalue weighted by Crippen LogP contribution is -2.33. The Kier molecular flexibility index (Phi) is 4.98. The Labute approximate surface area is 180 Å². The number of anilines is 1. The van der Waals surface area contributed by atoms with Gasteiger partial charge in [0.05, 0.1) is 10.9 Å². The molecule has 5 heteroatoms. The third kappa shape index (κ3) is 3.58. The molecule has 2 aliphatic carbocycles. The quantitative estimate of drug-likeness (QED) is 0.507. The number of carbonyl (C=O) groups is 1. The standard InChI is InChI=1S/C25H24ClFN2O/c26-18-5-8-20(9-6-18)29-24(30)25(12-13-25)17-3-1-16(2-4-17)21-11-14-28-23-10-7-19(27)15-22(21)23/h5-11,14-17H,1-4,12-13H2,(H,29,30)/t16-,17-. The van der Waals surface area contributed by atoms with Crippen molar-refractivity contribution in [3.8, 4) is 0 Å². The summed E-state index contributed by atoms with van der Waals surface area (Å²) in [7, 11) is 0. The summed E-state index contributed by atoms with van der Waals surface area (Å²) in [6, 6.07) is 14.1. The minimum absolute atomic E-state index is 0.143. The number of hydrogen-bond acceptors (Lipinski definition) is 2. The van der Waals surface area contributed by atoms with Crippen LogP contribution in [-0.4, -0.2) is 10.9 Å². The highest BCUT2D eigenvalue weighted by Crippen LogP contribution is 2.58. The van der Waals surface area contributed by atoms with Gasteiger partial charge in [-0.25, -0.2) is 4.39 Å². The zero-order valence-electron chi connectivity index (χ0n) is 16.7. The van der Waals surface area contributed by atoms with E-state index in [2.05, 4.69) is 10.3 Å². The molecule has 30 heavy (non-hydrogen) atoms. The van der Waals surface area contributed by atoms with E-state index in [4.69, 9.17) is 11.6 Å². The van der Waals surface area contributed by atoms with Gasteiger partial charge in [0.2, 0.25) is 5.91 Å². The predicted molar refractivity (Wildman–Crippen MR) is 118 cm³/mol. The van der Waals surface area contributed by atoms with Crippen LogP contribution in [0, 0.1) is 17.2 Å². The van der Waals surface area contributed by atoms with Crippen molar-refractivity contribution in [2.75, 3.05) is 5.32 Å². The molecule has 2 aromatic carbocycles. The molecule has 2 fully saturated rings. The van der Waals surface area contributed by atoms with Gasteiger partial charge in [-0.3, -0.25) is 9.78 Å². The average molecular weight is 423 g/mol. The summed E-state index contributed by atoms with van der Waals surface area (Å²) in [5, 5.41) is 4.68. The molecular formula is C25H24ClFN2O. The number of fused-ring (bicyclic) bond motifs is 1. The van der Waals surface area contributed by atoms with Crippen molar-refractivity contribution in [3.05, 3.63) is 71.1 Å². The minimum Gasteiger partial charge on any atom is -0.326 e. The van der Waals surface area contributed by atoms with Crippen molar-refractivity contribution in [2.24, 2.45) is 11.3 Å². The molecule has 1 aromatic heterocycles. The van der Waals surface area contributed by atoms with Crippen LogP contribution in [0.5, 0.6) is 0 Å². The van der Waals surface area contributed by atoms with Gasteiger partial charge < -0.3 is 5.32 Å². The van der Waals surface area contributed by atoms with E-state index in [-0.39, 0.29) is 17.1 Å². The smallest absolute Gasteiger partial charge is 0.230 e. The Morgan fingerprint density at radius 1 is 1.03 bits per heavy atom. The Bertz CT molecular complexity index is 1090. The van der Waals surface area contributed by atoms with Crippen LogP contribution in [-0.2, 0) is 4.79 Å². The molecule has 5 rings (SSSR count). The summed E-state index contributed by atoms with van der Waals surface area (Å²) in [5.41, 5.74) is 2.61. The molecule has 0 spiro atoms. The predicted octanol–water partition coefficient (Wildman–Crippen LogP) is 6.72. The Balaban J connectivity index is 1.28. The summed E-state index contributed by atoms with van der Waals surface area (Å²) in [6.45, 7) is 0. The van der Waals surface area contributed by atoms with E-state index in [1.54, 1.807) is 24.3 Å². The average Bonchev–Trinajstić information content (AvgIpc) is 3.57. The fourth-order valence-corrected chi connectivity index (χ4v) is 5.32. The highest BCUT2D eigenvalue weighted by atomic mass is 35.5. The lowest BCUT2D eigenvalue weighted by Gasteiger charge is -2.34. The number of pyridine rings is 1. The molecule has 2 saturated carbocycles. The van der Waals surface area contributed by atoms with Gasteiger partial charge >= 0.3 is 0 Å². The second-order valence-corrected chi connectivity index (χ2v) is 9.16. The molecule has 0 bridgehead atoms.